The minimum absolute atomic E-state index is 0.0269. The summed E-state index contributed by atoms with van der Waals surface area (Å²) in [5.74, 6) is 0.0269. The summed E-state index contributed by atoms with van der Waals surface area (Å²) in [5.41, 5.74) is 6.06. The van der Waals surface area contributed by atoms with Gasteiger partial charge in [0, 0.05) is 25.7 Å². The van der Waals surface area contributed by atoms with Crippen LogP contribution >= 0.6 is 0 Å². The minimum Gasteiger partial charge on any atom is -0.338 e. The van der Waals surface area contributed by atoms with Gasteiger partial charge in [0.05, 0.1) is 16.4 Å². The predicted octanol–water partition coefficient (Wildman–Crippen LogP) is 1.85. The van der Waals surface area contributed by atoms with Crippen LogP contribution in [0.3, 0.4) is 0 Å². The number of nitro benzene ring substituents is 1. The average Bonchev–Trinajstić information content (AvgIpc) is 3.26. The Morgan fingerprint density at radius 2 is 2.20 bits per heavy atom. The van der Waals surface area contributed by atoms with Crippen LogP contribution in [0.25, 0.3) is 0 Å². The molecule has 2 N–H and O–H groups in total. The largest absolute Gasteiger partial charge is 0.338 e. The van der Waals surface area contributed by atoms with Gasteiger partial charge in [-0.05, 0) is 25.3 Å². The van der Waals surface area contributed by atoms with Crippen LogP contribution in [0.2, 0.25) is 0 Å². The lowest BCUT2D eigenvalue weighted by Gasteiger charge is -2.28. The third-order valence-electron chi connectivity index (χ3n) is 4.16. The van der Waals surface area contributed by atoms with Gasteiger partial charge >= 0.3 is 0 Å². The highest BCUT2D eigenvalue weighted by molar-refractivity contribution is 5.85. The molecule has 2 rings (SSSR count). The predicted molar refractivity (Wildman–Crippen MR) is 75.0 cm³/mol. The molecule has 1 aromatic carbocycles. The van der Waals surface area contributed by atoms with Crippen molar-refractivity contribution < 1.29 is 9.72 Å². The number of nitrogens with two attached hydrogens (primary N) is 1. The van der Waals surface area contributed by atoms with Crippen LogP contribution in [0.1, 0.15) is 31.4 Å². The van der Waals surface area contributed by atoms with Gasteiger partial charge in [-0.2, -0.15) is 0 Å². The van der Waals surface area contributed by atoms with Gasteiger partial charge in [0.15, 0.2) is 0 Å². The molecule has 0 aromatic heterocycles. The van der Waals surface area contributed by atoms with Gasteiger partial charge in [-0.1, -0.05) is 12.1 Å². The van der Waals surface area contributed by atoms with Crippen molar-refractivity contribution in [2.45, 2.75) is 25.8 Å². The second-order valence-electron chi connectivity index (χ2n) is 5.43. The van der Waals surface area contributed by atoms with E-state index in [0.29, 0.717) is 6.54 Å². The van der Waals surface area contributed by atoms with Crippen molar-refractivity contribution in [3.8, 4) is 0 Å². The van der Waals surface area contributed by atoms with E-state index in [9.17, 15) is 14.9 Å². The second kappa shape index (κ2) is 5.20. The Hall–Kier alpha value is -1.95. The van der Waals surface area contributed by atoms with Crippen molar-refractivity contribution in [1.29, 1.82) is 0 Å². The van der Waals surface area contributed by atoms with Crippen molar-refractivity contribution in [2.75, 3.05) is 13.6 Å². The molecule has 1 amide bonds. The molecule has 20 heavy (non-hydrogen) atoms. The number of carbonyl (C=O) groups excluding carboxylic acids is 1. The summed E-state index contributed by atoms with van der Waals surface area (Å²) >= 11 is 0. The highest BCUT2D eigenvalue weighted by Gasteiger charge is 2.50. The third kappa shape index (κ3) is 2.51. The fourth-order valence-electron chi connectivity index (χ4n) is 2.33. The van der Waals surface area contributed by atoms with E-state index in [2.05, 4.69) is 0 Å². The first-order valence-corrected chi connectivity index (χ1v) is 6.63. The quantitative estimate of drug-likeness (QED) is 0.657. The van der Waals surface area contributed by atoms with Gasteiger partial charge in [0.1, 0.15) is 0 Å². The van der Waals surface area contributed by atoms with Crippen LogP contribution in [0, 0.1) is 15.5 Å². The zero-order valence-corrected chi connectivity index (χ0v) is 11.7. The molecule has 1 aliphatic carbocycles. The van der Waals surface area contributed by atoms with Gasteiger partial charge in [-0.25, -0.2) is 0 Å². The molecule has 0 heterocycles. The number of rotatable bonds is 5. The van der Waals surface area contributed by atoms with E-state index in [1.807, 2.05) is 6.92 Å². The molecule has 0 aliphatic heterocycles. The zero-order chi connectivity index (χ0) is 14.9. The molecule has 6 heteroatoms. The highest BCUT2D eigenvalue weighted by Crippen LogP contribution is 2.47. The Balaban J connectivity index is 2.18. The number of benzene rings is 1. The summed E-state index contributed by atoms with van der Waals surface area (Å²) in [5, 5.41) is 10.8. The Kier molecular flexibility index (Phi) is 3.76. The Morgan fingerprint density at radius 3 is 2.70 bits per heavy atom. The molecule has 1 atom stereocenters. The lowest BCUT2D eigenvalue weighted by atomic mass is 10.0. The summed E-state index contributed by atoms with van der Waals surface area (Å²) in [6.07, 6.45) is 1.66. The third-order valence-corrected chi connectivity index (χ3v) is 4.16. The molecular formula is C14H19N3O3. The molecule has 1 fully saturated rings. The van der Waals surface area contributed by atoms with Crippen molar-refractivity contribution in [1.82, 2.24) is 4.90 Å². The summed E-state index contributed by atoms with van der Waals surface area (Å²) in [6, 6.07) is 6.17. The molecule has 108 valence electrons. The standard InChI is InChI=1S/C14H19N3O3/c1-10(11-4-3-5-12(8-11)17(19)20)16(2)13(18)14(9-15)6-7-14/h3-5,8,10H,6-7,9,15H2,1-2H3. The molecular weight excluding hydrogens is 258 g/mol. The van der Waals surface area contributed by atoms with Crippen molar-refractivity contribution in [3.05, 3.63) is 39.9 Å². The SMILES string of the molecule is CC(c1cccc([N+](=O)[O-])c1)N(C)C(=O)C1(CN)CC1. The Labute approximate surface area is 117 Å². The first kappa shape index (κ1) is 14.5. The smallest absolute Gasteiger partial charge is 0.269 e. The Bertz CT molecular complexity index is 540. The van der Waals surface area contributed by atoms with Crippen molar-refractivity contribution in [3.63, 3.8) is 0 Å². The maximum atomic E-state index is 12.4. The number of hydrogen-bond donors (Lipinski definition) is 1. The summed E-state index contributed by atoms with van der Waals surface area (Å²) < 4.78 is 0. The van der Waals surface area contributed by atoms with E-state index in [-0.39, 0.29) is 17.6 Å². The van der Waals surface area contributed by atoms with E-state index in [0.717, 1.165) is 18.4 Å². The zero-order valence-electron chi connectivity index (χ0n) is 11.7. The van der Waals surface area contributed by atoms with Crippen LogP contribution in [0.4, 0.5) is 5.69 Å². The van der Waals surface area contributed by atoms with Crippen LogP contribution in [-0.2, 0) is 4.79 Å². The van der Waals surface area contributed by atoms with Crippen molar-refractivity contribution >= 4 is 11.6 Å². The van der Waals surface area contributed by atoms with Gasteiger partial charge < -0.3 is 10.6 Å². The van der Waals surface area contributed by atoms with Crippen LogP contribution in [0.15, 0.2) is 24.3 Å². The number of amides is 1. The number of nitro groups is 1. The summed E-state index contributed by atoms with van der Waals surface area (Å²) in [7, 11) is 1.72. The Morgan fingerprint density at radius 1 is 1.55 bits per heavy atom. The van der Waals surface area contributed by atoms with E-state index < -0.39 is 10.3 Å². The first-order chi connectivity index (χ1) is 9.41. The molecule has 0 saturated heterocycles. The minimum atomic E-state index is -0.430. The molecule has 1 aliphatic rings. The molecule has 1 unspecified atom stereocenters. The summed E-state index contributed by atoms with van der Waals surface area (Å²) in [4.78, 5) is 24.4. The molecule has 1 saturated carbocycles. The van der Waals surface area contributed by atoms with Gasteiger partial charge in [0.25, 0.3) is 5.69 Å². The fraction of sp³-hybridized carbons (Fsp3) is 0.500. The topological polar surface area (TPSA) is 89.5 Å². The lowest BCUT2D eigenvalue weighted by molar-refractivity contribution is -0.384. The molecule has 0 radical (unpaired) electrons. The van der Waals surface area contributed by atoms with Gasteiger partial charge in [-0.15, -0.1) is 0 Å². The number of non-ortho nitro benzene ring substituents is 1. The summed E-state index contributed by atoms with van der Waals surface area (Å²) in [6.45, 7) is 2.22. The molecule has 1 aromatic rings. The van der Waals surface area contributed by atoms with E-state index in [1.54, 1.807) is 24.1 Å². The fourth-order valence-corrected chi connectivity index (χ4v) is 2.33. The molecule has 0 bridgehead atoms. The monoisotopic (exact) mass is 277 g/mol. The van der Waals surface area contributed by atoms with E-state index in [4.69, 9.17) is 5.73 Å². The maximum Gasteiger partial charge on any atom is 0.269 e. The molecule has 0 spiro atoms. The van der Waals surface area contributed by atoms with Crippen LogP contribution in [-0.4, -0.2) is 29.3 Å². The van der Waals surface area contributed by atoms with Crippen LogP contribution in [0.5, 0.6) is 0 Å². The lowest BCUT2D eigenvalue weighted by Crippen LogP contribution is -2.39. The van der Waals surface area contributed by atoms with Gasteiger partial charge in [-0.3, -0.25) is 14.9 Å². The van der Waals surface area contributed by atoms with E-state index in [1.165, 1.54) is 12.1 Å². The number of carbonyl (C=O) groups is 1. The first-order valence-electron chi connectivity index (χ1n) is 6.63. The van der Waals surface area contributed by atoms with E-state index >= 15 is 0 Å². The number of nitrogens with zero attached hydrogens (tertiary/aromatic N) is 2. The molecule has 6 nitrogen and oxygen atoms in total. The maximum absolute atomic E-state index is 12.4. The second-order valence-corrected chi connectivity index (χ2v) is 5.43. The normalized spacial score (nSPS) is 17.4. The van der Waals surface area contributed by atoms with Gasteiger partial charge in [0.2, 0.25) is 5.91 Å². The van der Waals surface area contributed by atoms with Crippen LogP contribution < -0.4 is 5.73 Å². The highest BCUT2D eigenvalue weighted by atomic mass is 16.6. The number of hydrogen-bond acceptors (Lipinski definition) is 4. The average molecular weight is 277 g/mol. The van der Waals surface area contributed by atoms with Crippen molar-refractivity contribution in [2.24, 2.45) is 11.1 Å².